The average Bonchev–Trinajstić information content (AvgIpc) is 2.86. The van der Waals surface area contributed by atoms with Crippen LogP contribution in [-0.4, -0.2) is 24.5 Å². The van der Waals surface area contributed by atoms with Gasteiger partial charge in [0, 0.05) is 0 Å². The molecule has 3 aromatic rings. The number of nitrogens with zero attached hydrogens (tertiary/aromatic N) is 1. The first-order chi connectivity index (χ1) is 6.93. The summed E-state index contributed by atoms with van der Waals surface area (Å²) in [6.45, 7) is 0. The van der Waals surface area contributed by atoms with Gasteiger partial charge < -0.3 is 0 Å². The van der Waals surface area contributed by atoms with Crippen LogP contribution in [-0.2, 0) is 0 Å². The molecule has 0 bridgehead atoms. The molecule has 2 nitrogen and oxygen atoms in total. The Hall–Kier alpha value is -1.31. The fourth-order valence-corrected chi connectivity index (χ4v) is 2.89. The molecule has 0 amide bonds. The second-order valence-electron chi connectivity index (χ2n) is 3.08. The van der Waals surface area contributed by atoms with Crippen molar-refractivity contribution >= 4 is 25.5 Å². The Bertz CT molecular complexity index is 518. The van der Waals surface area contributed by atoms with Gasteiger partial charge in [0.15, 0.2) is 0 Å². The zero-order valence-electron chi connectivity index (χ0n) is 7.40. The van der Waals surface area contributed by atoms with Crippen LogP contribution in [0, 0.1) is 0 Å². The Morgan fingerprint density at radius 1 is 1.07 bits per heavy atom. The van der Waals surface area contributed by atoms with Crippen molar-refractivity contribution in [1.29, 1.82) is 0 Å². The normalized spacial score (nSPS) is 10.9. The third-order valence-corrected chi connectivity index (χ3v) is 3.98. The van der Waals surface area contributed by atoms with E-state index in [4.69, 9.17) is 0 Å². The third-order valence-electron chi connectivity index (χ3n) is 2.14. The molecule has 14 heavy (non-hydrogen) atoms. The van der Waals surface area contributed by atoms with E-state index in [1.807, 2.05) is 18.2 Å². The zero-order chi connectivity index (χ0) is 9.38. The quantitative estimate of drug-likeness (QED) is 0.656. The standard InChI is InChI=1S/C11H8N2Se/c1-2-5-9-8(4-1)12-11(13-9)10-6-3-7-14-10/h1-7H,(H,12,13). The van der Waals surface area contributed by atoms with Gasteiger partial charge in [-0.15, -0.1) is 0 Å². The molecule has 0 unspecified atom stereocenters. The molecule has 0 saturated heterocycles. The number of hydrogen-bond donors (Lipinski definition) is 1. The molecule has 2 aromatic heterocycles. The van der Waals surface area contributed by atoms with Crippen molar-refractivity contribution in [2.75, 3.05) is 0 Å². The summed E-state index contributed by atoms with van der Waals surface area (Å²) in [7, 11) is 0. The third kappa shape index (κ3) is 1.22. The predicted octanol–water partition coefficient (Wildman–Crippen LogP) is 2.29. The summed E-state index contributed by atoms with van der Waals surface area (Å²) in [5.74, 6) is 1.02. The number of imidazole rings is 1. The number of rotatable bonds is 1. The van der Waals surface area contributed by atoms with Crippen LogP contribution in [0.25, 0.3) is 21.3 Å². The minimum atomic E-state index is 0.452. The van der Waals surface area contributed by atoms with E-state index in [-0.39, 0.29) is 0 Å². The molecular formula is C11H8N2Se. The first-order valence-corrected chi connectivity index (χ1v) is 6.27. The van der Waals surface area contributed by atoms with Crippen LogP contribution in [0.5, 0.6) is 0 Å². The average molecular weight is 247 g/mol. The molecule has 0 aliphatic carbocycles. The van der Waals surface area contributed by atoms with Gasteiger partial charge in [-0.25, -0.2) is 0 Å². The summed E-state index contributed by atoms with van der Waals surface area (Å²) in [6.07, 6.45) is 0. The number of para-hydroxylation sites is 2. The Labute approximate surface area is 87.4 Å². The molecule has 2 heterocycles. The van der Waals surface area contributed by atoms with Crippen molar-refractivity contribution in [3.05, 3.63) is 41.3 Å². The molecule has 1 aromatic carbocycles. The number of aromatic amines is 1. The first kappa shape index (κ1) is 8.04. The van der Waals surface area contributed by atoms with Crippen LogP contribution >= 0.6 is 0 Å². The summed E-state index contributed by atoms with van der Waals surface area (Å²) in [6, 6.07) is 12.4. The van der Waals surface area contributed by atoms with Gasteiger partial charge in [0.05, 0.1) is 0 Å². The predicted molar refractivity (Wildman–Crippen MR) is 58.5 cm³/mol. The molecule has 3 rings (SSSR count). The number of aromatic nitrogens is 2. The van der Waals surface area contributed by atoms with Gasteiger partial charge >= 0.3 is 87.1 Å². The Balaban J connectivity index is 2.24. The van der Waals surface area contributed by atoms with Crippen LogP contribution in [0.1, 0.15) is 0 Å². The molecule has 3 heteroatoms. The molecular weight excluding hydrogens is 239 g/mol. The van der Waals surface area contributed by atoms with E-state index in [1.54, 1.807) is 0 Å². The maximum absolute atomic E-state index is 4.55. The summed E-state index contributed by atoms with van der Waals surface area (Å²) in [4.78, 5) is 10.1. The van der Waals surface area contributed by atoms with E-state index in [0.717, 1.165) is 16.9 Å². The van der Waals surface area contributed by atoms with Crippen molar-refractivity contribution in [3.63, 3.8) is 0 Å². The van der Waals surface area contributed by atoms with Gasteiger partial charge in [-0.2, -0.15) is 0 Å². The fourth-order valence-electron chi connectivity index (χ4n) is 1.48. The molecule has 68 valence electrons. The van der Waals surface area contributed by atoms with Gasteiger partial charge in [0.2, 0.25) is 0 Å². The maximum atomic E-state index is 4.55. The number of hydrogen-bond acceptors (Lipinski definition) is 1. The van der Waals surface area contributed by atoms with Crippen LogP contribution in [0.3, 0.4) is 0 Å². The monoisotopic (exact) mass is 248 g/mol. The zero-order valence-corrected chi connectivity index (χ0v) is 9.11. The summed E-state index contributed by atoms with van der Waals surface area (Å²) >= 11 is 0.452. The number of H-pyrrole nitrogens is 1. The molecule has 0 atom stereocenters. The van der Waals surface area contributed by atoms with E-state index >= 15 is 0 Å². The molecule has 0 aliphatic rings. The van der Waals surface area contributed by atoms with Crippen LogP contribution in [0.15, 0.2) is 41.3 Å². The molecule has 0 spiro atoms. The number of nitrogens with one attached hydrogen (secondary N) is 1. The van der Waals surface area contributed by atoms with E-state index in [1.165, 1.54) is 4.44 Å². The minimum absolute atomic E-state index is 0.452. The first-order valence-electron chi connectivity index (χ1n) is 4.42. The summed E-state index contributed by atoms with van der Waals surface area (Å²) in [5, 5.41) is 0. The van der Waals surface area contributed by atoms with Crippen molar-refractivity contribution in [3.8, 4) is 10.3 Å². The summed E-state index contributed by atoms with van der Waals surface area (Å²) in [5.41, 5.74) is 2.16. The van der Waals surface area contributed by atoms with Gasteiger partial charge in [0.1, 0.15) is 0 Å². The van der Waals surface area contributed by atoms with Crippen LogP contribution < -0.4 is 0 Å². The topological polar surface area (TPSA) is 28.7 Å². The Morgan fingerprint density at radius 2 is 2.00 bits per heavy atom. The van der Waals surface area contributed by atoms with Crippen molar-refractivity contribution < 1.29 is 0 Å². The second-order valence-corrected chi connectivity index (χ2v) is 5.07. The van der Waals surface area contributed by atoms with E-state index in [0.29, 0.717) is 14.5 Å². The number of fused-ring (bicyclic) bond motifs is 1. The van der Waals surface area contributed by atoms with Crippen molar-refractivity contribution in [2.45, 2.75) is 0 Å². The molecule has 0 radical (unpaired) electrons. The van der Waals surface area contributed by atoms with Gasteiger partial charge in [-0.05, 0) is 0 Å². The van der Waals surface area contributed by atoms with E-state index < -0.39 is 0 Å². The molecule has 0 fully saturated rings. The molecule has 1 N–H and O–H groups in total. The van der Waals surface area contributed by atoms with Crippen molar-refractivity contribution in [2.24, 2.45) is 0 Å². The second kappa shape index (κ2) is 3.12. The fraction of sp³-hybridized carbons (Fsp3) is 0. The Kier molecular flexibility index (Phi) is 1.79. The molecule has 0 aliphatic heterocycles. The Morgan fingerprint density at radius 3 is 2.79 bits per heavy atom. The van der Waals surface area contributed by atoms with Gasteiger partial charge in [0.25, 0.3) is 0 Å². The van der Waals surface area contributed by atoms with Crippen LogP contribution in [0.4, 0.5) is 0 Å². The SMILES string of the molecule is c1c[se]c(-c2nc3ccccc3[nH]2)c1. The van der Waals surface area contributed by atoms with Gasteiger partial charge in [-0.3, -0.25) is 0 Å². The van der Waals surface area contributed by atoms with Crippen molar-refractivity contribution in [1.82, 2.24) is 9.97 Å². The van der Waals surface area contributed by atoms with Crippen LogP contribution in [0.2, 0.25) is 0 Å². The van der Waals surface area contributed by atoms with E-state index in [9.17, 15) is 0 Å². The number of benzene rings is 1. The summed E-state index contributed by atoms with van der Waals surface area (Å²) < 4.78 is 1.33. The van der Waals surface area contributed by atoms with Gasteiger partial charge in [-0.1, -0.05) is 0 Å². The van der Waals surface area contributed by atoms with E-state index in [2.05, 4.69) is 33.1 Å². The molecule has 0 saturated carbocycles.